The fraction of sp³-hybridized carbons (Fsp3) is 0.560. The maximum absolute atomic E-state index is 13.9. The van der Waals surface area contributed by atoms with Crippen LogP contribution in [-0.2, 0) is 19.9 Å². The summed E-state index contributed by atoms with van der Waals surface area (Å²) in [7, 11) is 0. The van der Waals surface area contributed by atoms with E-state index in [9.17, 15) is 9.59 Å². The molecule has 1 amide bonds. The second-order valence-electron chi connectivity index (χ2n) is 9.88. The maximum atomic E-state index is 13.9. The Kier molecular flexibility index (Phi) is 8.25. The number of benzene rings is 1. The number of rotatable bonds is 7. The molecule has 10 heteroatoms. The van der Waals surface area contributed by atoms with Crippen molar-refractivity contribution in [2.24, 2.45) is 5.92 Å². The lowest BCUT2D eigenvalue weighted by Gasteiger charge is -2.52. The van der Waals surface area contributed by atoms with Crippen LogP contribution in [0.2, 0.25) is 0 Å². The molecule has 1 aromatic heterocycles. The Morgan fingerprint density at radius 1 is 1.20 bits per heavy atom. The first-order valence-corrected chi connectivity index (χ1v) is 13.3. The van der Waals surface area contributed by atoms with Crippen LogP contribution >= 0.6 is 11.8 Å². The molecule has 2 bridgehead atoms. The Hall–Kier alpha value is -1.88. The molecule has 4 aliphatic rings. The highest BCUT2D eigenvalue weighted by atomic mass is 79.9. The minimum atomic E-state index is -0.816. The third-order valence-electron chi connectivity index (χ3n) is 7.86. The first-order valence-electron chi connectivity index (χ1n) is 12.1. The van der Waals surface area contributed by atoms with Gasteiger partial charge in [0.1, 0.15) is 18.3 Å². The highest BCUT2D eigenvalue weighted by molar-refractivity contribution is 7.99. The van der Waals surface area contributed by atoms with Crippen molar-refractivity contribution in [1.82, 2.24) is 10.1 Å². The summed E-state index contributed by atoms with van der Waals surface area (Å²) in [6, 6.07) is 11.6. The molecular weight excluding hydrogens is 532 g/mol. The normalized spacial score (nSPS) is 27.9. The SMILES string of the molecule is CC(C(=O)O[C@H]1C[N+]2(CC(=O)Nc3ccon3)CCC1CC2)(c1ccccc1)N1CCSCC1.[Br-]. The molecule has 1 N–H and O–H groups in total. The summed E-state index contributed by atoms with van der Waals surface area (Å²) in [5, 5.41) is 6.59. The topological polar surface area (TPSA) is 84.7 Å². The van der Waals surface area contributed by atoms with E-state index < -0.39 is 5.54 Å². The molecule has 4 saturated heterocycles. The summed E-state index contributed by atoms with van der Waals surface area (Å²) in [6.45, 7) is 6.64. The van der Waals surface area contributed by atoms with Crippen molar-refractivity contribution in [2.75, 3.05) is 56.1 Å². The van der Waals surface area contributed by atoms with E-state index in [2.05, 4.69) is 15.4 Å². The van der Waals surface area contributed by atoms with Gasteiger partial charge in [0, 0.05) is 49.4 Å². The molecule has 5 heterocycles. The van der Waals surface area contributed by atoms with Gasteiger partial charge >= 0.3 is 5.97 Å². The number of hydrogen-bond acceptors (Lipinski definition) is 7. The Balaban J connectivity index is 0.00000289. The van der Waals surface area contributed by atoms with E-state index in [-0.39, 0.29) is 35.0 Å². The van der Waals surface area contributed by atoms with Crippen LogP contribution in [0.15, 0.2) is 47.2 Å². The van der Waals surface area contributed by atoms with Crippen molar-refractivity contribution < 1.29 is 40.3 Å². The second kappa shape index (κ2) is 11.0. The monoisotopic (exact) mass is 564 g/mol. The molecule has 4 fully saturated rings. The molecule has 0 radical (unpaired) electrons. The molecule has 4 aliphatic heterocycles. The molecule has 8 nitrogen and oxygen atoms in total. The van der Waals surface area contributed by atoms with Crippen LogP contribution in [0.5, 0.6) is 0 Å². The first-order chi connectivity index (χ1) is 16.5. The maximum Gasteiger partial charge on any atom is 0.331 e. The molecule has 0 aliphatic carbocycles. The number of fused-ring (bicyclic) bond motifs is 3. The highest BCUT2D eigenvalue weighted by Gasteiger charge is 2.51. The third-order valence-corrected chi connectivity index (χ3v) is 8.80. The Labute approximate surface area is 221 Å². The van der Waals surface area contributed by atoms with Gasteiger partial charge in [-0.2, -0.15) is 11.8 Å². The fourth-order valence-corrected chi connectivity index (χ4v) is 6.70. The molecule has 0 spiro atoms. The van der Waals surface area contributed by atoms with Crippen molar-refractivity contribution >= 4 is 29.5 Å². The van der Waals surface area contributed by atoms with Crippen molar-refractivity contribution in [3.8, 4) is 0 Å². The van der Waals surface area contributed by atoms with E-state index in [1.807, 2.05) is 49.0 Å². The zero-order chi connectivity index (χ0) is 23.6. The Morgan fingerprint density at radius 3 is 2.57 bits per heavy atom. The van der Waals surface area contributed by atoms with Crippen LogP contribution in [-0.4, -0.2) is 83.3 Å². The van der Waals surface area contributed by atoms with Crippen molar-refractivity contribution in [1.29, 1.82) is 0 Å². The number of ether oxygens (including phenoxy) is 1. The van der Waals surface area contributed by atoms with E-state index in [1.54, 1.807) is 6.07 Å². The van der Waals surface area contributed by atoms with Gasteiger partial charge in [0.2, 0.25) is 0 Å². The molecule has 1 unspecified atom stereocenters. The lowest BCUT2D eigenvalue weighted by molar-refractivity contribution is -0.939. The minimum absolute atomic E-state index is 0. The molecule has 35 heavy (non-hydrogen) atoms. The number of carbonyl (C=O) groups excluding carboxylic acids is 2. The number of carbonyl (C=O) groups is 2. The highest BCUT2D eigenvalue weighted by Crippen LogP contribution is 2.38. The Bertz CT molecular complexity index is 994. The number of halogens is 1. The first kappa shape index (κ1) is 26.2. The zero-order valence-electron chi connectivity index (χ0n) is 20.0. The summed E-state index contributed by atoms with van der Waals surface area (Å²) >= 11 is 1.93. The van der Waals surface area contributed by atoms with Crippen LogP contribution in [0.4, 0.5) is 5.82 Å². The fourth-order valence-electron chi connectivity index (χ4n) is 5.80. The Morgan fingerprint density at radius 2 is 1.91 bits per heavy atom. The zero-order valence-corrected chi connectivity index (χ0v) is 22.4. The van der Waals surface area contributed by atoms with Gasteiger partial charge in [-0.15, -0.1) is 0 Å². The number of aromatic nitrogens is 1. The van der Waals surface area contributed by atoms with Crippen molar-refractivity contribution in [3.05, 3.63) is 48.2 Å². The number of thioether (sulfide) groups is 1. The van der Waals surface area contributed by atoms with Crippen LogP contribution < -0.4 is 22.3 Å². The van der Waals surface area contributed by atoms with Crippen LogP contribution in [0, 0.1) is 5.92 Å². The molecular formula is C25H33BrN4O4S. The molecule has 190 valence electrons. The summed E-state index contributed by atoms with van der Waals surface area (Å²) in [5.74, 6) is 2.56. The van der Waals surface area contributed by atoms with Gasteiger partial charge in [-0.3, -0.25) is 9.69 Å². The summed E-state index contributed by atoms with van der Waals surface area (Å²) in [5.41, 5.74) is 0.160. The summed E-state index contributed by atoms with van der Waals surface area (Å²) in [6.07, 6.45) is 3.21. The number of nitrogens with zero attached hydrogens (tertiary/aromatic N) is 3. The van der Waals surface area contributed by atoms with E-state index in [0.29, 0.717) is 29.3 Å². The molecule has 1 aromatic carbocycles. The molecule has 0 saturated carbocycles. The second-order valence-corrected chi connectivity index (χ2v) is 11.1. The summed E-state index contributed by atoms with van der Waals surface area (Å²) < 4.78 is 11.8. The summed E-state index contributed by atoms with van der Waals surface area (Å²) in [4.78, 5) is 28.9. The van der Waals surface area contributed by atoms with Gasteiger partial charge in [0.25, 0.3) is 5.91 Å². The van der Waals surface area contributed by atoms with Gasteiger partial charge in [-0.1, -0.05) is 35.5 Å². The average molecular weight is 566 g/mol. The third kappa shape index (κ3) is 5.45. The average Bonchev–Trinajstić information content (AvgIpc) is 3.37. The van der Waals surface area contributed by atoms with E-state index in [4.69, 9.17) is 9.26 Å². The van der Waals surface area contributed by atoms with Crippen LogP contribution in [0.3, 0.4) is 0 Å². The van der Waals surface area contributed by atoms with Crippen LogP contribution in [0.1, 0.15) is 25.3 Å². The van der Waals surface area contributed by atoms with Gasteiger partial charge < -0.3 is 36.0 Å². The van der Waals surface area contributed by atoms with E-state index >= 15 is 0 Å². The number of quaternary nitrogens is 1. The van der Waals surface area contributed by atoms with Crippen molar-refractivity contribution in [3.63, 3.8) is 0 Å². The predicted octanol–water partition coefficient (Wildman–Crippen LogP) is -0.266. The van der Waals surface area contributed by atoms with Gasteiger partial charge in [-0.25, -0.2) is 4.79 Å². The molecule has 2 atom stereocenters. The molecule has 6 rings (SSSR count). The van der Waals surface area contributed by atoms with Crippen molar-refractivity contribution in [2.45, 2.75) is 31.4 Å². The van der Waals surface area contributed by atoms with Gasteiger partial charge in [0.15, 0.2) is 18.5 Å². The van der Waals surface area contributed by atoms with Crippen LogP contribution in [0.25, 0.3) is 0 Å². The number of anilines is 1. The lowest BCUT2D eigenvalue weighted by Crippen LogP contribution is -3.00. The number of nitrogens with one attached hydrogen (secondary N) is 1. The quantitative estimate of drug-likeness (QED) is 0.366. The minimum Gasteiger partial charge on any atom is -1.00 e. The van der Waals surface area contributed by atoms with E-state index in [0.717, 1.165) is 56.1 Å². The molecule has 2 aromatic rings. The predicted molar refractivity (Wildman–Crippen MR) is 130 cm³/mol. The number of hydrogen-bond donors (Lipinski definition) is 1. The smallest absolute Gasteiger partial charge is 0.331 e. The lowest BCUT2D eigenvalue weighted by atomic mass is 9.82. The van der Waals surface area contributed by atoms with Gasteiger partial charge in [0.05, 0.1) is 13.1 Å². The number of piperidine rings is 3. The van der Waals surface area contributed by atoms with E-state index in [1.165, 1.54) is 6.26 Å². The van der Waals surface area contributed by atoms with Gasteiger partial charge in [-0.05, 0) is 12.5 Å². The number of esters is 1. The standard InChI is InChI=1S/C25H32N4O4S.BrH/c1-25(20-5-3-2-4-6-20,28-10-15-34-16-11-28)24(31)33-21-17-29(12-7-19(21)8-13-29)18-23(30)26-22-9-14-32-27-22;/h2-6,9,14,19,21H,7-8,10-13,15-18H2,1H3;1H/t19?,21-,25?,29?;/m0./s1. The largest absolute Gasteiger partial charge is 1.00 e. The number of amides is 1.